The first kappa shape index (κ1) is 19.3. The predicted octanol–water partition coefficient (Wildman–Crippen LogP) is 1.86. The van der Waals surface area contributed by atoms with Crippen LogP contribution < -0.4 is 0 Å². The molecular formula is C18H25FN2O4S. The Morgan fingerprint density at radius 3 is 2.35 bits per heavy atom. The summed E-state index contributed by atoms with van der Waals surface area (Å²) in [5.41, 5.74) is -0.0999. The van der Waals surface area contributed by atoms with Crippen LogP contribution in [0.25, 0.3) is 0 Å². The molecule has 26 heavy (non-hydrogen) atoms. The number of nitrogens with zero attached hydrogens (tertiary/aromatic N) is 2. The number of carbonyl (C=O) groups excluding carboxylic acids is 1. The first-order chi connectivity index (χ1) is 12.0. The van der Waals surface area contributed by atoms with Crippen molar-refractivity contribution in [2.24, 2.45) is 5.41 Å². The van der Waals surface area contributed by atoms with E-state index in [9.17, 15) is 17.6 Å². The maximum Gasteiger partial charge on any atom is 0.243 e. The third kappa shape index (κ3) is 4.24. The Labute approximate surface area is 154 Å². The molecule has 2 unspecified atom stereocenters. The van der Waals surface area contributed by atoms with Gasteiger partial charge in [-0.15, -0.1) is 0 Å². The molecule has 8 heteroatoms. The van der Waals surface area contributed by atoms with Gasteiger partial charge in [-0.3, -0.25) is 4.79 Å². The molecule has 2 atom stereocenters. The van der Waals surface area contributed by atoms with E-state index in [-0.39, 0.29) is 41.5 Å². The van der Waals surface area contributed by atoms with Crippen LogP contribution in [0.1, 0.15) is 27.2 Å². The number of fused-ring (bicyclic) bond motifs is 2. The van der Waals surface area contributed by atoms with Gasteiger partial charge in [0.25, 0.3) is 0 Å². The second kappa shape index (κ2) is 6.90. The van der Waals surface area contributed by atoms with Crippen molar-refractivity contribution in [1.82, 2.24) is 9.21 Å². The fourth-order valence-electron chi connectivity index (χ4n) is 3.40. The second-order valence-electron chi connectivity index (χ2n) is 8.20. The second-order valence-corrected chi connectivity index (χ2v) is 10.1. The summed E-state index contributed by atoms with van der Waals surface area (Å²) in [4.78, 5) is 14.2. The number of ether oxygens (including phenoxy) is 1. The van der Waals surface area contributed by atoms with Crippen LogP contribution in [0.3, 0.4) is 0 Å². The molecule has 0 radical (unpaired) electrons. The van der Waals surface area contributed by atoms with Gasteiger partial charge in [0.1, 0.15) is 5.82 Å². The van der Waals surface area contributed by atoms with Crippen molar-refractivity contribution < 1.29 is 22.3 Å². The largest absolute Gasteiger partial charge is 0.369 e. The number of sulfonamides is 1. The number of carbonyl (C=O) groups is 1. The molecule has 2 aliphatic rings. The summed E-state index contributed by atoms with van der Waals surface area (Å²) >= 11 is 0. The van der Waals surface area contributed by atoms with Crippen molar-refractivity contribution >= 4 is 15.9 Å². The highest BCUT2D eigenvalue weighted by atomic mass is 32.2. The molecule has 3 rings (SSSR count). The smallest absolute Gasteiger partial charge is 0.243 e. The fraction of sp³-hybridized carbons (Fsp3) is 0.611. The molecule has 0 spiro atoms. The predicted molar refractivity (Wildman–Crippen MR) is 94.5 cm³/mol. The summed E-state index contributed by atoms with van der Waals surface area (Å²) in [7, 11) is -3.78. The molecule has 0 N–H and O–H groups in total. The van der Waals surface area contributed by atoms with E-state index in [4.69, 9.17) is 4.74 Å². The summed E-state index contributed by atoms with van der Waals surface area (Å²) in [6, 6.07) is 5.02. The van der Waals surface area contributed by atoms with E-state index >= 15 is 0 Å². The zero-order chi connectivity index (χ0) is 19.1. The Balaban J connectivity index is 1.72. The van der Waals surface area contributed by atoms with Crippen LogP contribution in [-0.2, 0) is 19.6 Å². The minimum atomic E-state index is -3.78. The van der Waals surface area contributed by atoms with Crippen LogP contribution in [0.15, 0.2) is 29.2 Å². The first-order valence-corrected chi connectivity index (χ1v) is 10.2. The number of hydrogen-bond donors (Lipinski definition) is 0. The molecule has 2 aliphatic heterocycles. The zero-order valence-corrected chi connectivity index (χ0v) is 16.1. The minimum absolute atomic E-state index is 0.0573. The number of hydrogen-bond acceptors (Lipinski definition) is 4. The molecule has 2 heterocycles. The van der Waals surface area contributed by atoms with E-state index in [1.54, 1.807) is 4.90 Å². The number of rotatable bonds is 3. The van der Waals surface area contributed by atoms with Gasteiger partial charge in [0.2, 0.25) is 15.9 Å². The van der Waals surface area contributed by atoms with E-state index < -0.39 is 15.8 Å². The van der Waals surface area contributed by atoms with Gasteiger partial charge in [0, 0.05) is 32.6 Å². The molecule has 0 aromatic heterocycles. The topological polar surface area (TPSA) is 66.9 Å². The maximum atomic E-state index is 13.4. The number of halogens is 1. The molecule has 0 aliphatic carbocycles. The van der Waals surface area contributed by atoms with E-state index in [2.05, 4.69) is 0 Å². The SMILES string of the molecule is CC(C)(C)CC(=O)N1CC2CN(S(=O)(=O)c3cccc(F)c3)CC(C1)O2. The van der Waals surface area contributed by atoms with Crippen molar-refractivity contribution in [1.29, 1.82) is 0 Å². The summed E-state index contributed by atoms with van der Waals surface area (Å²) in [5, 5.41) is 0. The Morgan fingerprint density at radius 1 is 1.19 bits per heavy atom. The highest BCUT2D eigenvalue weighted by Crippen LogP contribution is 2.27. The summed E-state index contributed by atoms with van der Waals surface area (Å²) in [6.45, 7) is 7.11. The molecule has 1 aromatic rings. The molecule has 2 bridgehead atoms. The van der Waals surface area contributed by atoms with Gasteiger partial charge in [-0.25, -0.2) is 12.8 Å². The van der Waals surface area contributed by atoms with Crippen molar-refractivity contribution in [2.45, 2.75) is 44.3 Å². The molecule has 1 aromatic carbocycles. The number of amides is 1. The van der Waals surface area contributed by atoms with Crippen LogP contribution in [0.2, 0.25) is 0 Å². The van der Waals surface area contributed by atoms with Crippen LogP contribution in [0.4, 0.5) is 4.39 Å². The molecule has 0 saturated carbocycles. The molecule has 2 saturated heterocycles. The van der Waals surface area contributed by atoms with Gasteiger partial charge < -0.3 is 9.64 Å². The van der Waals surface area contributed by atoms with Gasteiger partial charge in [-0.05, 0) is 23.6 Å². The van der Waals surface area contributed by atoms with E-state index in [1.807, 2.05) is 20.8 Å². The van der Waals surface area contributed by atoms with Crippen molar-refractivity contribution in [2.75, 3.05) is 26.2 Å². The van der Waals surface area contributed by atoms with Crippen LogP contribution in [0.5, 0.6) is 0 Å². The summed E-state index contributed by atoms with van der Waals surface area (Å²) < 4.78 is 46.2. The van der Waals surface area contributed by atoms with Crippen molar-refractivity contribution in [3.05, 3.63) is 30.1 Å². The molecule has 2 fully saturated rings. The Morgan fingerprint density at radius 2 is 1.81 bits per heavy atom. The van der Waals surface area contributed by atoms with E-state index in [0.717, 1.165) is 6.07 Å². The zero-order valence-electron chi connectivity index (χ0n) is 15.3. The monoisotopic (exact) mass is 384 g/mol. The molecular weight excluding hydrogens is 359 g/mol. The molecule has 6 nitrogen and oxygen atoms in total. The van der Waals surface area contributed by atoms with Crippen LogP contribution in [-0.4, -0.2) is 61.9 Å². The quantitative estimate of drug-likeness (QED) is 0.798. The third-order valence-electron chi connectivity index (χ3n) is 4.52. The Hall–Kier alpha value is -1.51. The van der Waals surface area contributed by atoms with Gasteiger partial charge in [-0.2, -0.15) is 4.31 Å². The Kier molecular flexibility index (Phi) is 5.11. The lowest BCUT2D eigenvalue weighted by Crippen LogP contribution is -2.61. The standard InChI is InChI=1S/C18H25FN2O4S/c1-18(2,3)8-17(22)20-9-14-11-21(12-15(10-20)25-14)26(23,24)16-6-4-5-13(19)7-16/h4-7,14-15H,8-12H2,1-3H3. The van der Waals surface area contributed by atoms with Gasteiger partial charge >= 0.3 is 0 Å². The summed E-state index contributed by atoms with van der Waals surface area (Å²) in [5.74, 6) is -0.518. The van der Waals surface area contributed by atoms with Crippen molar-refractivity contribution in [3.63, 3.8) is 0 Å². The Bertz CT molecular complexity index is 777. The first-order valence-electron chi connectivity index (χ1n) is 8.73. The highest BCUT2D eigenvalue weighted by molar-refractivity contribution is 7.89. The lowest BCUT2D eigenvalue weighted by molar-refractivity contribution is -0.156. The van der Waals surface area contributed by atoms with Gasteiger partial charge in [0.15, 0.2) is 0 Å². The number of benzene rings is 1. The molecule has 1 amide bonds. The van der Waals surface area contributed by atoms with Crippen molar-refractivity contribution in [3.8, 4) is 0 Å². The summed E-state index contributed by atoms with van der Waals surface area (Å²) in [6.07, 6.45) is -0.290. The van der Waals surface area contributed by atoms with Crippen LogP contribution >= 0.6 is 0 Å². The lowest BCUT2D eigenvalue weighted by atomic mass is 9.91. The normalized spacial score (nSPS) is 24.5. The number of morpholine rings is 2. The van der Waals surface area contributed by atoms with Crippen LogP contribution in [0, 0.1) is 11.2 Å². The average molecular weight is 384 g/mol. The van der Waals surface area contributed by atoms with Gasteiger partial charge in [-0.1, -0.05) is 26.8 Å². The third-order valence-corrected chi connectivity index (χ3v) is 6.34. The highest BCUT2D eigenvalue weighted by Gasteiger charge is 2.41. The maximum absolute atomic E-state index is 13.4. The molecule has 144 valence electrons. The fourth-order valence-corrected chi connectivity index (χ4v) is 4.93. The average Bonchev–Trinajstić information content (AvgIpc) is 2.52. The van der Waals surface area contributed by atoms with E-state index in [0.29, 0.717) is 19.5 Å². The van der Waals surface area contributed by atoms with E-state index in [1.165, 1.54) is 22.5 Å². The van der Waals surface area contributed by atoms with Gasteiger partial charge in [0.05, 0.1) is 17.1 Å². The lowest BCUT2D eigenvalue weighted by Gasteiger charge is -2.45. The minimum Gasteiger partial charge on any atom is -0.369 e.